The maximum Gasteiger partial charge on any atom is 0.347 e. The molecule has 0 fully saturated rings. The molecule has 0 aliphatic rings. The molecule has 23 heavy (non-hydrogen) atoms. The van der Waals surface area contributed by atoms with Crippen molar-refractivity contribution < 1.29 is 9.90 Å². The Bertz CT molecular complexity index is 963. The molecule has 0 spiro atoms. The number of aryl methyl sites for hydroxylation is 1. The van der Waals surface area contributed by atoms with Gasteiger partial charge in [-0.1, -0.05) is 0 Å². The molecule has 6 nitrogen and oxygen atoms in total. The lowest BCUT2D eigenvalue weighted by Gasteiger charge is -2.08. The van der Waals surface area contributed by atoms with E-state index in [1.165, 1.54) is 0 Å². The minimum atomic E-state index is -0.990. The third-order valence-corrected chi connectivity index (χ3v) is 4.73. The van der Waals surface area contributed by atoms with Gasteiger partial charge in [-0.25, -0.2) is 14.8 Å². The van der Waals surface area contributed by atoms with Crippen LogP contribution in [-0.2, 0) is 0 Å². The number of nitriles is 1. The quantitative estimate of drug-likeness (QED) is 0.793. The molecule has 0 radical (unpaired) electrons. The maximum absolute atomic E-state index is 11.2. The normalized spacial score (nSPS) is 11.1. The number of carboxylic acids is 1. The van der Waals surface area contributed by atoms with E-state index in [4.69, 9.17) is 5.11 Å². The molecule has 116 valence electrons. The van der Waals surface area contributed by atoms with Crippen LogP contribution >= 0.6 is 11.3 Å². The zero-order valence-electron chi connectivity index (χ0n) is 12.9. The van der Waals surface area contributed by atoms with Crippen molar-refractivity contribution in [1.82, 2.24) is 14.5 Å². The van der Waals surface area contributed by atoms with Crippen LogP contribution in [0.5, 0.6) is 0 Å². The molecule has 0 aromatic carbocycles. The molecule has 3 rings (SSSR count). The molecule has 3 aromatic heterocycles. The first-order chi connectivity index (χ1) is 10.9. The number of pyridine rings is 1. The van der Waals surface area contributed by atoms with Crippen molar-refractivity contribution in [2.24, 2.45) is 0 Å². The summed E-state index contributed by atoms with van der Waals surface area (Å²) in [6.45, 7) is 5.74. The number of carbonyl (C=O) groups is 1. The van der Waals surface area contributed by atoms with E-state index in [-0.39, 0.29) is 10.9 Å². The molecule has 3 heterocycles. The molecule has 3 aromatic rings. The molecule has 0 aliphatic heterocycles. The van der Waals surface area contributed by atoms with Crippen molar-refractivity contribution in [3.05, 3.63) is 34.5 Å². The molecule has 0 saturated heterocycles. The SMILES string of the molecule is Cc1nc(-c2ccc3c(n2)c(C#N)cn3C(C)C)sc1C(=O)O. The van der Waals surface area contributed by atoms with Crippen LogP contribution < -0.4 is 0 Å². The molecule has 0 bridgehead atoms. The zero-order chi connectivity index (χ0) is 16.7. The molecular formula is C16H14N4O2S. The van der Waals surface area contributed by atoms with Crippen molar-refractivity contribution in [2.75, 3.05) is 0 Å². The predicted octanol–water partition coefficient (Wildman–Crippen LogP) is 3.62. The van der Waals surface area contributed by atoms with Crippen LogP contribution in [0, 0.1) is 18.3 Å². The van der Waals surface area contributed by atoms with Crippen molar-refractivity contribution in [2.45, 2.75) is 26.8 Å². The number of aromatic carboxylic acids is 1. The first-order valence-electron chi connectivity index (χ1n) is 7.05. The van der Waals surface area contributed by atoms with E-state index < -0.39 is 5.97 Å². The zero-order valence-corrected chi connectivity index (χ0v) is 13.7. The van der Waals surface area contributed by atoms with Crippen LogP contribution in [0.4, 0.5) is 0 Å². The Hall–Kier alpha value is -2.72. The molecule has 0 amide bonds. The molecule has 0 aliphatic carbocycles. The highest BCUT2D eigenvalue weighted by Crippen LogP contribution is 2.30. The van der Waals surface area contributed by atoms with E-state index in [1.54, 1.807) is 13.1 Å². The Morgan fingerprint density at radius 2 is 2.13 bits per heavy atom. The molecule has 0 unspecified atom stereocenters. The molecule has 7 heteroatoms. The molecule has 0 saturated carbocycles. The lowest BCUT2D eigenvalue weighted by molar-refractivity contribution is 0.0701. The van der Waals surface area contributed by atoms with Gasteiger partial charge in [0, 0.05) is 12.2 Å². The van der Waals surface area contributed by atoms with Crippen LogP contribution in [0.3, 0.4) is 0 Å². The third-order valence-electron chi connectivity index (χ3n) is 3.56. The fraction of sp³-hybridized carbons (Fsp3) is 0.250. The summed E-state index contributed by atoms with van der Waals surface area (Å²) in [5, 5.41) is 19.0. The summed E-state index contributed by atoms with van der Waals surface area (Å²) in [6, 6.07) is 6.09. The largest absolute Gasteiger partial charge is 0.477 e. The van der Waals surface area contributed by atoms with E-state index >= 15 is 0 Å². The van der Waals surface area contributed by atoms with E-state index in [0.29, 0.717) is 27.5 Å². The second-order valence-corrected chi connectivity index (χ2v) is 6.46. The predicted molar refractivity (Wildman–Crippen MR) is 87.6 cm³/mol. The van der Waals surface area contributed by atoms with Gasteiger partial charge in [-0.2, -0.15) is 5.26 Å². The highest BCUT2D eigenvalue weighted by molar-refractivity contribution is 7.17. The summed E-state index contributed by atoms with van der Waals surface area (Å²) in [7, 11) is 0. The number of aromatic nitrogens is 3. The molecular weight excluding hydrogens is 312 g/mol. The van der Waals surface area contributed by atoms with Gasteiger partial charge >= 0.3 is 5.97 Å². The Morgan fingerprint density at radius 1 is 1.39 bits per heavy atom. The number of carboxylic acid groups (broad SMARTS) is 1. The smallest absolute Gasteiger partial charge is 0.347 e. The van der Waals surface area contributed by atoms with E-state index in [1.807, 2.05) is 30.5 Å². The van der Waals surface area contributed by atoms with E-state index in [9.17, 15) is 10.1 Å². The Labute approximate surface area is 136 Å². The van der Waals surface area contributed by atoms with Gasteiger partial charge in [0.2, 0.25) is 0 Å². The number of hydrogen-bond acceptors (Lipinski definition) is 5. The average molecular weight is 326 g/mol. The summed E-state index contributed by atoms with van der Waals surface area (Å²) in [6.07, 6.45) is 1.79. The fourth-order valence-electron chi connectivity index (χ4n) is 2.46. The van der Waals surface area contributed by atoms with Gasteiger partial charge in [-0.3, -0.25) is 0 Å². The average Bonchev–Trinajstić information content (AvgIpc) is 3.07. The number of hydrogen-bond donors (Lipinski definition) is 1. The van der Waals surface area contributed by atoms with Gasteiger partial charge in [-0.15, -0.1) is 11.3 Å². The number of fused-ring (bicyclic) bond motifs is 1. The second-order valence-electron chi connectivity index (χ2n) is 5.46. The Balaban J connectivity index is 2.19. The Morgan fingerprint density at radius 3 is 2.70 bits per heavy atom. The number of nitrogens with zero attached hydrogens (tertiary/aromatic N) is 4. The summed E-state index contributed by atoms with van der Waals surface area (Å²) in [5.74, 6) is -0.990. The fourth-order valence-corrected chi connectivity index (χ4v) is 3.34. The lowest BCUT2D eigenvalue weighted by atomic mass is 10.2. The second kappa shape index (κ2) is 5.48. The van der Waals surface area contributed by atoms with Crippen molar-refractivity contribution >= 4 is 28.3 Å². The lowest BCUT2D eigenvalue weighted by Crippen LogP contribution is -1.98. The summed E-state index contributed by atoms with van der Waals surface area (Å²) >= 11 is 1.09. The highest BCUT2D eigenvalue weighted by atomic mass is 32.1. The van der Waals surface area contributed by atoms with Crippen LogP contribution in [0.25, 0.3) is 21.7 Å². The van der Waals surface area contributed by atoms with Gasteiger partial charge in [0.1, 0.15) is 21.5 Å². The van der Waals surface area contributed by atoms with E-state index in [2.05, 4.69) is 16.0 Å². The van der Waals surface area contributed by atoms with Gasteiger partial charge in [0.25, 0.3) is 0 Å². The summed E-state index contributed by atoms with van der Waals surface area (Å²) in [4.78, 5) is 20.2. The van der Waals surface area contributed by atoms with Crippen molar-refractivity contribution in [3.63, 3.8) is 0 Å². The summed E-state index contributed by atoms with van der Waals surface area (Å²) in [5.41, 5.74) is 3.05. The maximum atomic E-state index is 11.2. The van der Waals surface area contributed by atoms with Crippen molar-refractivity contribution in [3.8, 4) is 16.8 Å². The minimum Gasteiger partial charge on any atom is -0.477 e. The van der Waals surface area contributed by atoms with Crippen LogP contribution in [-0.4, -0.2) is 25.6 Å². The van der Waals surface area contributed by atoms with Gasteiger partial charge in [0.05, 0.1) is 22.5 Å². The van der Waals surface area contributed by atoms with Crippen LogP contribution in [0.2, 0.25) is 0 Å². The van der Waals surface area contributed by atoms with E-state index in [0.717, 1.165) is 16.9 Å². The highest BCUT2D eigenvalue weighted by Gasteiger charge is 2.18. The first-order valence-corrected chi connectivity index (χ1v) is 7.86. The van der Waals surface area contributed by atoms with Crippen LogP contribution in [0.1, 0.15) is 40.8 Å². The number of thiazole rings is 1. The standard InChI is InChI=1S/C16H14N4O2S/c1-8(2)20-7-10(6-17)13-12(20)5-4-11(19-13)15-18-9(3)14(23-15)16(21)22/h4-5,7-8H,1-3H3,(H,21,22). The third kappa shape index (κ3) is 2.47. The van der Waals surface area contributed by atoms with Gasteiger partial charge < -0.3 is 9.67 Å². The monoisotopic (exact) mass is 326 g/mol. The van der Waals surface area contributed by atoms with Gasteiger partial charge in [0.15, 0.2) is 0 Å². The number of rotatable bonds is 3. The Kier molecular flexibility index (Phi) is 3.62. The topological polar surface area (TPSA) is 91.8 Å². The van der Waals surface area contributed by atoms with Gasteiger partial charge in [-0.05, 0) is 32.9 Å². The summed E-state index contributed by atoms with van der Waals surface area (Å²) < 4.78 is 2.00. The molecule has 0 atom stereocenters. The van der Waals surface area contributed by atoms with Crippen molar-refractivity contribution in [1.29, 1.82) is 5.26 Å². The van der Waals surface area contributed by atoms with Crippen LogP contribution in [0.15, 0.2) is 18.3 Å². The minimum absolute atomic E-state index is 0.210. The first kappa shape index (κ1) is 15.2. The molecule has 1 N–H and O–H groups in total.